The topological polar surface area (TPSA) is 371 Å². The number of hydrogen-bond acceptors (Lipinski definition) is 26. The summed E-state index contributed by atoms with van der Waals surface area (Å²) in [5, 5.41) is 26.9. The number of halogens is 3. The molecule has 39 heteroatoms. The molecule has 3 aliphatic rings. The normalized spacial score (nSPS) is 21.0. The maximum atomic E-state index is 16.2. The molecule has 0 saturated carbocycles. The zero-order valence-corrected chi connectivity index (χ0v) is 72.1. The predicted molar refractivity (Wildman–Crippen MR) is 449 cm³/mol. The molecule has 121 heavy (non-hydrogen) atoms. The fraction of sp³-hybridized carbons (Fsp3) is 0.512. The van der Waals surface area contributed by atoms with Crippen LogP contribution in [0.4, 0.5) is 35.4 Å². The average Bonchev–Trinajstić information content (AvgIpc) is 1.62. The van der Waals surface area contributed by atoms with Gasteiger partial charge < -0.3 is 68.0 Å². The van der Waals surface area contributed by atoms with Crippen molar-refractivity contribution in [3.63, 3.8) is 0 Å². The van der Waals surface area contributed by atoms with Gasteiger partial charge in [0.25, 0.3) is 26.2 Å². The van der Waals surface area contributed by atoms with Gasteiger partial charge in [-0.2, -0.15) is 5.26 Å². The Kier molecular flexibility index (Phi) is 35.6. The minimum atomic E-state index is -1.74. The molecule has 34 nitrogen and oxygen atoms in total. The first kappa shape index (κ1) is 94.6. The van der Waals surface area contributed by atoms with E-state index in [9.17, 15) is 28.7 Å². The number of ether oxygens (including phenoxy) is 5. The lowest BCUT2D eigenvalue weighted by molar-refractivity contribution is -0.0348. The van der Waals surface area contributed by atoms with Crippen LogP contribution >= 0.6 is 17.0 Å². The summed E-state index contributed by atoms with van der Waals surface area (Å²) < 4.78 is 103. The number of nitriles is 1. The number of alkyl halides is 3. The standard InChI is InChI=1S/C27H35FN7O4P.C22H21FN6O5.C18H18FN5O3.C15H32N3OP/c1-7-20-23(39-40(37-14-13-29-6)35(17(2)3)18(4)5)21(28)27(38-20)34-16-32-22-24(30-15-31-25(22)34)33-26(36)19-11-9-8-10-12-19;1-3-14-17(34-22(31)32-10-9-24-2)15(23)21(33-14)29-12-27-16-18(25-11-26-19(16)29)28-20(30)13-7-5-4-6-8-13;1-2-11-14(25)12(19)18(27-11)24-9-22-13-15(20-8-21-16(13)24)23-17(26)10-6-4-3-5-7-10;1-12(2)17(13(3)4)20(19-11-9-10-16)18(14(5)6)15(7)8/h8-12,15-18,20-21,23,27H,7,13-14H2,1-5H3,(H,30,31,33,36);4-8,11-12,14-15,17,21H,3,9-10H2,1H3,(H,25,26,28,30);3-9,11-12,14,18,25H,2H2,1H3,(H,20,21,23,26);12-15H,9,11H2,1-8H3/t20-,21-,23-,27?,40?;14-,15-,17-,21?;11-,12-,14-,18?;/m111./s1. The molecule has 648 valence electrons. The van der Waals surface area contributed by atoms with E-state index in [-0.39, 0.29) is 84.7 Å². The lowest BCUT2D eigenvalue weighted by Crippen LogP contribution is -2.43. The van der Waals surface area contributed by atoms with Crippen molar-refractivity contribution in [2.24, 2.45) is 0 Å². The van der Waals surface area contributed by atoms with E-state index in [1.54, 1.807) is 85.8 Å². The Hall–Kier alpha value is -10.3. The number of aliphatic hydroxyl groups excluding tert-OH is 1. The van der Waals surface area contributed by atoms with E-state index in [4.69, 9.17) is 55.7 Å². The van der Waals surface area contributed by atoms with Crippen molar-refractivity contribution in [3.05, 3.63) is 168 Å². The van der Waals surface area contributed by atoms with Gasteiger partial charge in [0.05, 0.1) is 50.3 Å². The fourth-order valence-electron chi connectivity index (χ4n) is 13.8. The van der Waals surface area contributed by atoms with E-state index in [1.165, 1.54) is 51.7 Å². The Morgan fingerprint density at radius 2 is 0.860 bits per heavy atom. The average molecular weight is 1710 g/mol. The molecule has 0 bridgehead atoms. The van der Waals surface area contributed by atoms with Crippen LogP contribution in [0.1, 0.15) is 179 Å². The Labute approximate surface area is 704 Å². The Bertz CT molecular complexity index is 4900. The van der Waals surface area contributed by atoms with Crippen molar-refractivity contribution in [3.8, 4) is 6.07 Å². The van der Waals surface area contributed by atoms with Gasteiger partial charge in [-0.1, -0.05) is 75.4 Å². The van der Waals surface area contributed by atoms with Gasteiger partial charge in [-0.3, -0.25) is 28.1 Å². The van der Waals surface area contributed by atoms with Crippen molar-refractivity contribution >= 4 is 91.8 Å². The molecule has 3 fully saturated rings. The Morgan fingerprint density at radius 1 is 0.504 bits per heavy atom. The van der Waals surface area contributed by atoms with Crippen molar-refractivity contribution in [1.82, 2.24) is 72.6 Å². The second-order valence-corrected chi connectivity index (χ2v) is 32.7. The molecule has 12 rings (SSSR count). The summed E-state index contributed by atoms with van der Waals surface area (Å²) in [5.41, 5.74) is 3.12. The van der Waals surface area contributed by atoms with Gasteiger partial charge in [-0.25, -0.2) is 90.0 Å². The highest BCUT2D eigenvalue weighted by molar-refractivity contribution is 7.47. The molecule has 4 N–H and O–H groups in total. The summed E-state index contributed by atoms with van der Waals surface area (Å²) in [4.78, 5) is 93.8. The van der Waals surface area contributed by atoms with Gasteiger partial charge in [0, 0.05) is 52.9 Å². The van der Waals surface area contributed by atoms with Crippen LogP contribution < -0.4 is 16.0 Å². The second-order valence-electron chi connectivity index (χ2n) is 29.6. The molecule has 9 heterocycles. The van der Waals surface area contributed by atoms with Gasteiger partial charge in [0.1, 0.15) is 43.9 Å². The number of aliphatic hydroxyl groups is 1. The van der Waals surface area contributed by atoms with Crippen LogP contribution in [-0.4, -0.2) is 226 Å². The van der Waals surface area contributed by atoms with Crippen molar-refractivity contribution in [1.29, 1.82) is 5.26 Å². The highest BCUT2D eigenvalue weighted by Crippen LogP contribution is 2.53. The van der Waals surface area contributed by atoms with Crippen LogP contribution in [-0.2, 0) is 37.3 Å². The van der Waals surface area contributed by atoms with Crippen molar-refractivity contribution in [2.45, 2.75) is 240 Å². The van der Waals surface area contributed by atoms with Gasteiger partial charge in [0.15, 0.2) is 109 Å². The first-order valence-electron chi connectivity index (χ1n) is 40.1. The number of benzene rings is 3. The molecule has 13 atom stereocenters. The van der Waals surface area contributed by atoms with Crippen LogP contribution in [0.25, 0.3) is 43.2 Å². The number of imidazole rings is 3. The summed E-state index contributed by atoms with van der Waals surface area (Å²) >= 11 is 0. The number of fused-ring (bicyclic) bond motifs is 3. The van der Waals surface area contributed by atoms with E-state index >= 15 is 8.78 Å². The van der Waals surface area contributed by atoms with Gasteiger partial charge >= 0.3 is 6.16 Å². The highest BCUT2D eigenvalue weighted by atomic mass is 31.2. The minimum Gasteiger partial charge on any atom is -0.426 e. The summed E-state index contributed by atoms with van der Waals surface area (Å²) in [6.07, 6.45) is -4.72. The minimum absolute atomic E-state index is 0.0149. The zero-order chi connectivity index (χ0) is 87.7. The fourth-order valence-corrected chi connectivity index (χ4v) is 17.9. The molecule has 3 amide bonds. The molecule has 0 aliphatic carbocycles. The van der Waals surface area contributed by atoms with Crippen LogP contribution in [0.5, 0.6) is 0 Å². The molecule has 3 aliphatic heterocycles. The van der Waals surface area contributed by atoms with E-state index in [0.717, 1.165) is 0 Å². The maximum Gasteiger partial charge on any atom is 0.509 e. The SMILES string of the molecule is CC(C)N(C(C)C)P(OCCC#N)N(C(C)C)C(C)C.CC[C@H]1OC(n2cnc3c(NC(=O)c4ccccc4)ncnc32)[C@H](F)[C@@H]1O.[C-]#[N+]CCOC(=O)O[C@@H]1[C@@H](CC)OC(n2cnc3c(NC(=O)c4ccccc4)ncnc32)[C@@H]1F.[C-]#[N+]CCOP(O[C@@H]1[C@@H](CC)OC(n2cnc3c(NC(=O)c4ccccc4)ncnc32)[C@@H]1F)N(C(C)C)C(C)C. The molecule has 9 aromatic rings. The first-order valence-corrected chi connectivity index (χ1v) is 42.4. The van der Waals surface area contributed by atoms with Crippen LogP contribution in [0.15, 0.2) is 129 Å². The molecule has 3 aromatic carbocycles. The third-order valence-electron chi connectivity index (χ3n) is 19.2. The predicted octanol–water partition coefficient (Wildman–Crippen LogP) is 15.0. The summed E-state index contributed by atoms with van der Waals surface area (Å²) in [6, 6.07) is 30.0. The molecular weight excluding hydrogens is 1610 g/mol. The quantitative estimate of drug-likeness (QED) is 0.0132. The summed E-state index contributed by atoms with van der Waals surface area (Å²) in [5.74, 6) is -0.476. The summed E-state index contributed by atoms with van der Waals surface area (Å²) in [7, 11) is -2.50. The van der Waals surface area contributed by atoms with E-state index in [1.807, 2.05) is 53.7 Å². The third-order valence-corrected chi connectivity index (χ3v) is 24.4. The van der Waals surface area contributed by atoms with Crippen LogP contribution in [0.3, 0.4) is 0 Å². The van der Waals surface area contributed by atoms with Crippen LogP contribution in [0, 0.1) is 24.5 Å². The Morgan fingerprint density at radius 3 is 1.21 bits per heavy atom. The largest absolute Gasteiger partial charge is 0.509 e. The van der Waals surface area contributed by atoms with E-state index in [2.05, 4.69) is 146 Å². The monoisotopic (exact) mass is 1710 g/mol. The number of aromatic nitrogens is 12. The number of amides is 3. The van der Waals surface area contributed by atoms with Crippen molar-refractivity contribution < 1.29 is 74.7 Å². The number of carbonyl (C=O) groups excluding carboxylic acids is 4. The molecule has 0 spiro atoms. The number of nitrogens with zero attached hydrogens (tertiary/aromatic N) is 18. The third kappa shape index (κ3) is 23.7. The van der Waals surface area contributed by atoms with E-state index < -0.39 is 97.0 Å². The second kappa shape index (κ2) is 45.6. The highest BCUT2D eigenvalue weighted by Gasteiger charge is 2.51. The smallest absolute Gasteiger partial charge is 0.426 e. The number of nitrogens with one attached hydrogen (secondary N) is 3. The first-order chi connectivity index (χ1) is 58.1. The number of rotatable bonds is 32. The number of anilines is 3. The molecule has 0 radical (unpaired) electrons. The van der Waals surface area contributed by atoms with Crippen molar-refractivity contribution in [2.75, 3.05) is 48.9 Å². The van der Waals surface area contributed by atoms with Crippen LogP contribution in [0.2, 0.25) is 0 Å². The summed E-state index contributed by atoms with van der Waals surface area (Å²) in [6.45, 7) is 45.8. The Balaban J connectivity index is 0.000000189. The molecule has 4 unspecified atom stereocenters. The molecule has 6 aromatic heterocycles. The lowest BCUT2D eigenvalue weighted by atomic mass is 10.1. The van der Waals surface area contributed by atoms with E-state index in [0.29, 0.717) is 95.5 Å². The molecular formula is C82H106F3N21O13P2. The van der Waals surface area contributed by atoms with Gasteiger partial charge in [0.2, 0.25) is 13.1 Å². The zero-order valence-electron chi connectivity index (χ0n) is 70.3. The lowest BCUT2D eigenvalue weighted by Gasteiger charge is -2.45. The number of carbonyl (C=O) groups is 4. The molecule has 3 saturated heterocycles. The van der Waals surface area contributed by atoms with Gasteiger partial charge in [-0.15, -0.1) is 0 Å². The maximum absolute atomic E-state index is 16.2. The van der Waals surface area contributed by atoms with Gasteiger partial charge in [-0.05, 0) is 139 Å². The number of hydrogen-bond donors (Lipinski definition) is 4.